The first-order chi connectivity index (χ1) is 17.3. The first kappa shape index (κ1) is 25.3. The van der Waals surface area contributed by atoms with Crippen molar-refractivity contribution < 1.29 is 18.0 Å². The van der Waals surface area contributed by atoms with E-state index in [1.165, 1.54) is 6.33 Å². The number of halogens is 3. The SMILES string of the molecule is CNC(=O)c1ccnc2c(C(CNc3cc(-c4cnc(C(F)(F)F)nc4)ncn3)CSC)cccc12. The lowest BCUT2D eigenvalue weighted by Crippen LogP contribution is -2.19. The van der Waals surface area contributed by atoms with Crippen molar-refractivity contribution in [3.63, 3.8) is 0 Å². The Kier molecular flexibility index (Phi) is 7.63. The van der Waals surface area contributed by atoms with Crippen LogP contribution in [0, 0.1) is 0 Å². The third-order valence-electron chi connectivity index (χ3n) is 5.48. The summed E-state index contributed by atoms with van der Waals surface area (Å²) in [6.45, 7) is 0.506. The summed E-state index contributed by atoms with van der Waals surface area (Å²) in [7, 11) is 1.59. The number of hydrogen-bond acceptors (Lipinski definition) is 8. The monoisotopic (exact) mass is 513 g/mol. The molecule has 1 amide bonds. The van der Waals surface area contributed by atoms with Crippen molar-refractivity contribution in [1.29, 1.82) is 0 Å². The molecule has 2 N–H and O–H groups in total. The van der Waals surface area contributed by atoms with Crippen LogP contribution in [-0.4, -0.2) is 56.4 Å². The second-order valence-electron chi connectivity index (χ2n) is 7.80. The van der Waals surface area contributed by atoms with Crippen molar-refractivity contribution in [2.24, 2.45) is 0 Å². The fourth-order valence-corrected chi connectivity index (χ4v) is 4.47. The van der Waals surface area contributed by atoms with Gasteiger partial charge in [0.05, 0.1) is 16.8 Å². The predicted molar refractivity (Wildman–Crippen MR) is 133 cm³/mol. The minimum atomic E-state index is -4.61. The molecule has 0 aliphatic rings. The van der Waals surface area contributed by atoms with Crippen LogP contribution >= 0.6 is 11.8 Å². The Bertz CT molecular complexity index is 1370. The number of fused-ring (bicyclic) bond motifs is 1. The molecule has 0 saturated heterocycles. The number of nitrogens with zero attached hydrogens (tertiary/aromatic N) is 5. The van der Waals surface area contributed by atoms with Gasteiger partial charge in [-0.2, -0.15) is 24.9 Å². The molecule has 0 aliphatic heterocycles. The normalized spacial score (nSPS) is 12.4. The lowest BCUT2D eigenvalue weighted by molar-refractivity contribution is -0.144. The molecular weight excluding hydrogens is 491 g/mol. The molecular formula is C24H22F3N7OS. The zero-order chi connectivity index (χ0) is 25.7. The van der Waals surface area contributed by atoms with Gasteiger partial charge in [-0.1, -0.05) is 18.2 Å². The molecule has 3 heterocycles. The minimum absolute atomic E-state index is 0.0314. The molecule has 1 atom stereocenters. The van der Waals surface area contributed by atoms with Gasteiger partial charge in [0.2, 0.25) is 5.82 Å². The van der Waals surface area contributed by atoms with Crippen molar-refractivity contribution in [3.8, 4) is 11.3 Å². The zero-order valence-corrected chi connectivity index (χ0v) is 20.2. The fourth-order valence-electron chi connectivity index (χ4n) is 3.77. The quantitative estimate of drug-likeness (QED) is 0.357. The molecule has 0 radical (unpaired) electrons. The molecule has 0 bridgehead atoms. The van der Waals surface area contributed by atoms with Crippen molar-refractivity contribution in [1.82, 2.24) is 30.2 Å². The van der Waals surface area contributed by atoms with Crippen LogP contribution in [0.3, 0.4) is 0 Å². The number of benzene rings is 1. The van der Waals surface area contributed by atoms with Gasteiger partial charge < -0.3 is 10.6 Å². The highest BCUT2D eigenvalue weighted by atomic mass is 32.2. The molecule has 8 nitrogen and oxygen atoms in total. The summed E-state index contributed by atoms with van der Waals surface area (Å²) in [5.74, 6) is -0.0706. The number of amides is 1. The first-order valence-electron chi connectivity index (χ1n) is 10.9. The van der Waals surface area contributed by atoms with E-state index in [4.69, 9.17) is 0 Å². The predicted octanol–water partition coefficient (Wildman–Crippen LogP) is 4.42. The molecule has 1 aromatic carbocycles. The number of anilines is 1. The third-order valence-corrected chi connectivity index (χ3v) is 6.22. The van der Waals surface area contributed by atoms with E-state index in [-0.39, 0.29) is 11.8 Å². The molecule has 0 saturated carbocycles. The second-order valence-corrected chi connectivity index (χ2v) is 8.71. The number of alkyl halides is 3. The summed E-state index contributed by atoms with van der Waals surface area (Å²) >= 11 is 1.68. The molecule has 0 aliphatic carbocycles. The summed E-state index contributed by atoms with van der Waals surface area (Å²) in [6, 6.07) is 9.11. The van der Waals surface area contributed by atoms with Crippen molar-refractivity contribution in [2.75, 3.05) is 30.9 Å². The van der Waals surface area contributed by atoms with E-state index >= 15 is 0 Å². The Morgan fingerprint density at radius 2 is 1.86 bits per heavy atom. The van der Waals surface area contributed by atoms with Gasteiger partial charge in [0, 0.05) is 60.9 Å². The Balaban J connectivity index is 1.58. The van der Waals surface area contributed by atoms with E-state index < -0.39 is 12.0 Å². The maximum atomic E-state index is 12.8. The first-order valence-corrected chi connectivity index (χ1v) is 12.3. The maximum absolute atomic E-state index is 12.8. The van der Waals surface area contributed by atoms with Crippen LogP contribution < -0.4 is 10.6 Å². The van der Waals surface area contributed by atoms with Gasteiger partial charge in [-0.15, -0.1) is 0 Å². The summed E-state index contributed by atoms with van der Waals surface area (Å²) in [6.07, 6.45) is 2.53. The largest absolute Gasteiger partial charge is 0.451 e. The van der Waals surface area contributed by atoms with Gasteiger partial charge in [0.1, 0.15) is 12.1 Å². The van der Waals surface area contributed by atoms with Gasteiger partial charge in [-0.25, -0.2) is 19.9 Å². The van der Waals surface area contributed by atoms with Crippen LogP contribution in [-0.2, 0) is 6.18 Å². The van der Waals surface area contributed by atoms with E-state index in [9.17, 15) is 18.0 Å². The van der Waals surface area contributed by atoms with E-state index in [1.54, 1.807) is 37.1 Å². The third kappa shape index (κ3) is 5.54. The van der Waals surface area contributed by atoms with E-state index in [2.05, 4.69) is 35.6 Å². The lowest BCUT2D eigenvalue weighted by Gasteiger charge is -2.19. The average molecular weight is 514 g/mol. The smallest absolute Gasteiger partial charge is 0.369 e. The van der Waals surface area contributed by atoms with Crippen LogP contribution in [0.25, 0.3) is 22.2 Å². The molecule has 0 fully saturated rings. The molecule has 36 heavy (non-hydrogen) atoms. The van der Waals surface area contributed by atoms with Crippen LogP contribution in [0.1, 0.15) is 27.7 Å². The number of carbonyl (C=O) groups is 1. The highest BCUT2D eigenvalue weighted by Crippen LogP contribution is 2.30. The van der Waals surface area contributed by atoms with Gasteiger partial charge in [-0.3, -0.25) is 9.78 Å². The summed E-state index contributed by atoms with van der Waals surface area (Å²) in [5, 5.41) is 6.73. The molecule has 12 heteroatoms. The van der Waals surface area contributed by atoms with Crippen molar-refractivity contribution >= 4 is 34.4 Å². The van der Waals surface area contributed by atoms with E-state index in [1.807, 2.05) is 24.5 Å². The summed E-state index contributed by atoms with van der Waals surface area (Å²) in [5.41, 5.74) is 3.04. The number of para-hydroxylation sites is 1. The number of rotatable bonds is 8. The van der Waals surface area contributed by atoms with Gasteiger partial charge in [0.25, 0.3) is 5.91 Å². The van der Waals surface area contributed by atoms with Crippen molar-refractivity contribution in [3.05, 3.63) is 72.2 Å². The topological polar surface area (TPSA) is 106 Å². The number of nitrogens with one attached hydrogen (secondary N) is 2. The Morgan fingerprint density at radius 1 is 1.08 bits per heavy atom. The molecule has 4 aromatic rings. The average Bonchev–Trinajstić information content (AvgIpc) is 2.89. The molecule has 1 unspecified atom stereocenters. The summed E-state index contributed by atoms with van der Waals surface area (Å²) < 4.78 is 38.3. The van der Waals surface area contributed by atoms with Crippen LogP contribution in [0.4, 0.5) is 19.0 Å². The second kappa shape index (κ2) is 10.9. The number of carbonyl (C=O) groups excluding carboxylic acids is 1. The Hall–Kier alpha value is -3.80. The number of thioether (sulfide) groups is 1. The molecule has 0 spiro atoms. The highest BCUT2D eigenvalue weighted by Gasteiger charge is 2.34. The van der Waals surface area contributed by atoms with Gasteiger partial charge >= 0.3 is 6.18 Å². The lowest BCUT2D eigenvalue weighted by atomic mass is 9.95. The van der Waals surface area contributed by atoms with Crippen LogP contribution in [0.15, 0.2) is 55.2 Å². The Labute approximate surface area is 209 Å². The minimum Gasteiger partial charge on any atom is -0.369 e. The van der Waals surface area contributed by atoms with Crippen molar-refractivity contribution in [2.45, 2.75) is 12.1 Å². The molecule has 186 valence electrons. The highest BCUT2D eigenvalue weighted by molar-refractivity contribution is 7.98. The van der Waals surface area contributed by atoms with Crippen LogP contribution in [0.5, 0.6) is 0 Å². The number of pyridine rings is 1. The van der Waals surface area contributed by atoms with E-state index in [0.717, 1.165) is 34.6 Å². The summed E-state index contributed by atoms with van der Waals surface area (Å²) in [4.78, 5) is 32.0. The number of aromatic nitrogens is 5. The van der Waals surface area contributed by atoms with Gasteiger partial charge in [-0.05, 0) is 17.9 Å². The fraction of sp³-hybridized carbons (Fsp3) is 0.250. The standard InChI is InChI=1S/C24H22F3N7OS/c1-28-22(35)18-6-7-29-21-16(4-3-5-17(18)21)15(12-36-2)11-30-20-8-19(33-13-34-20)14-9-31-23(32-10-14)24(25,26)27/h3-10,13,15H,11-12H2,1-2H3,(H,28,35)(H,30,33,34). The Morgan fingerprint density at radius 3 is 2.56 bits per heavy atom. The molecule has 3 aromatic heterocycles. The molecule has 4 rings (SSSR count). The van der Waals surface area contributed by atoms with E-state index in [0.29, 0.717) is 29.2 Å². The maximum Gasteiger partial charge on any atom is 0.451 e. The van der Waals surface area contributed by atoms with Crippen LogP contribution in [0.2, 0.25) is 0 Å². The van der Waals surface area contributed by atoms with Gasteiger partial charge in [0.15, 0.2) is 0 Å². The number of hydrogen-bond donors (Lipinski definition) is 2. The zero-order valence-electron chi connectivity index (χ0n) is 19.4.